The van der Waals surface area contributed by atoms with Crippen LogP contribution < -0.4 is 5.32 Å². The molecule has 1 N–H and O–H groups in total. The molecule has 2 aromatic carbocycles. The Balaban J connectivity index is 2.32. The summed E-state index contributed by atoms with van der Waals surface area (Å²) in [6.07, 6.45) is 0.761. The third-order valence-corrected chi connectivity index (χ3v) is 3.39. The number of nitrogens with one attached hydrogen (secondary N) is 1. The second-order valence-electron chi connectivity index (χ2n) is 4.77. The quantitative estimate of drug-likeness (QED) is 0.881. The first-order valence-electron chi connectivity index (χ1n) is 6.67. The van der Waals surface area contributed by atoms with Gasteiger partial charge in [0.05, 0.1) is 17.7 Å². The minimum absolute atomic E-state index is 0.108. The van der Waals surface area contributed by atoms with E-state index in [0.717, 1.165) is 17.7 Å². The van der Waals surface area contributed by atoms with E-state index in [2.05, 4.69) is 11.4 Å². The summed E-state index contributed by atoms with van der Waals surface area (Å²) in [4.78, 5) is 0. The lowest BCUT2D eigenvalue weighted by Crippen LogP contribution is -2.12. The summed E-state index contributed by atoms with van der Waals surface area (Å²) in [5.41, 5.74) is 3.16. The van der Waals surface area contributed by atoms with Crippen molar-refractivity contribution in [2.45, 2.75) is 26.3 Å². The van der Waals surface area contributed by atoms with Crippen molar-refractivity contribution >= 4 is 5.69 Å². The number of nitriles is 1. The summed E-state index contributed by atoms with van der Waals surface area (Å²) in [5, 5.41) is 12.3. The summed E-state index contributed by atoms with van der Waals surface area (Å²) in [6.45, 7) is 3.98. The van der Waals surface area contributed by atoms with E-state index in [1.165, 1.54) is 6.07 Å². The van der Waals surface area contributed by atoms with Gasteiger partial charge in [-0.3, -0.25) is 0 Å². The van der Waals surface area contributed by atoms with Crippen LogP contribution in [0.15, 0.2) is 42.5 Å². The summed E-state index contributed by atoms with van der Waals surface area (Å²) in [6, 6.07) is 14.3. The summed E-state index contributed by atoms with van der Waals surface area (Å²) >= 11 is 0. The molecule has 1 atom stereocenters. The van der Waals surface area contributed by atoms with Gasteiger partial charge >= 0.3 is 0 Å². The largest absolute Gasteiger partial charge is 0.378 e. The molecule has 0 aliphatic carbocycles. The second kappa shape index (κ2) is 6.21. The van der Waals surface area contributed by atoms with Crippen molar-refractivity contribution in [1.29, 1.82) is 5.26 Å². The molecular formula is C17H17FN2. The Morgan fingerprint density at radius 2 is 2.00 bits per heavy atom. The van der Waals surface area contributed by atoms with E-state index < -0.39 is 0 Å². The minimum atomic E-state index is -0.207. The fourth-order valence-electron chi connectivity index (χ4n) is 2.19. The standard InChI is InChI=1S/C17H17FN2/c1-3-16(14-6-4-5-7-15(14)18)20-17-10-13(11-19)9-8-12(17)2/h4-10,16,20H,3H2,1-2H3. The second-order valence-corrected chi connectivity index (χ2v) is 4.77. The van der Waals surface area contributed by atoms with E-state index in [4.69, 9.17) is 5.26 Å². The molecule has 0 aliphatic rings. The predicted molar refractivity (Wildman–Crippen MR) is 78.9 cm³/mol. The summed E-state index contributed by atoms with van der Waals surface area (Å²) in [5.74, 6) is -0.207. The van der Waals surface area contributed by atoms with Crippen LogP contribution >= 0.6 is 0 Å². The van der Waals surface area contributed by atoms with Gasteiger partial charge in [-0.05, 0) is 37.1 Å². The number of benzene rings is 2. The molecule has 0 heterocycles. The Morgan fingerprint density at radius 3 is 2.65 bits per heavy atom. The number of hydrogen-bond acceptors (Lipinski definition) is 2. The number of nitrogens with zero attached hydrogens (tertiary/aromatic N) is 1. The molecule has 2 rings (SSSR count). The van der Waals surface area contributed by atoms with Crippen LogP contribution in [0.4, 0.5) is 10.1 Å². The maximum Gasteiger partial charge on any atom is 0.128 e. The highest BCUT2D eigenvalue weighted by Gasteiger charge is 2.14. The molecule has 102 valence electrons. The zero-order valence-electron chi connectivity index (χ0n) is 11.7. The highest BCUT2D eigenvalue weighted by molar-refractivity contribution is 5.56. The lowest BCUT2D eigenvalue weighted by molar-refractivity contribution is 0.587. The van der Waals surface area contributed by atoms with E-state index >= 15 is 0 Å². The van der Waals surface area contributed by atoms with E-state index in [-0.39, 0.29) is 11.9 Å². The van der Waals surface area contributed by atoms with Crippen molar-refractivity contribution in [3.63, 3.8) is 0 Å². The van der Waals surface area contributed by atoms with Crippen LogP contribution in [0.2, 0.25) is 0 Å². The van der Waals surface area contributed by atoms with Crippen molar-refractivity contribution in [3.8, 4) is 6.07 Å². The molecule has 2 nitrogen and oxygen atoms in total. The molecule has 20 heavy (non-hydrogen) atoms. The van der Waals surface area contributed by atoms with Gasteiger partial charge in [-0.1, -0.05) is 31.2 Å². The first-order valence-corrected chi connectivity index (χ1v) is 6.67. The Bertz CT molecular complexity index is 644. The van der Waals surface area contributed by atoms with Gasteiger partial charge in [0.1, 0.15) is 5.82 Å². The molecule has 0 saturated heterocycles. The van der Waals surface area contributed by atoms with Crippen LogP contribution in [-0.4, -0.2) is 0 Å². The Hall–Kier alpha value is -2.34. The zero-order chi connectivity index (χ0) is 14.5. The van der Waals surface area contributed by atoms with E-state index in [1.807, 2.05) is 26.0 Å². The van der Waals surface area contributed by atoms with Crippen LogP contribution in [0.1, 0.15) is 36.1 Å². The Labute approximate surface area is 118 Å². The lowest BCUT2D eigenvalue weighted by atomic mass is 10.0. The Morgan fingerprint density at radius 1 is 1.25 bits per heavy atom. The predicted octanol–water partition coefficient (Wildman–Crippen LogP) is 4.57. The van der Waals surface area contributed by atoms with E-state index in [9.17, 15) is 4.39 Å². The zero-order valence-corrected chi connectivity index (χ0v) is 11.7. The lowest BCUT2D eigenvalue weighted by Gasteiger charge is -2.21. The van der Waals surface area contributed by atoms with Gasteiger partial charge in [0.2, 0.25) is 0 Å². The molecular weight excluding hydrogens is 251 g/mol. The Kier molecular flexibility index (Phi) is 4.37. The minimum Gasteiger partial charge on any atom is -0.378 e. The average Bonchev–Trinajstić information content (AvgIpc) is 2.47. The van der Waals surface area contributed by atoms with Gasteiger partial charge in [-0.2, -0.15) is 5.26 Å². The molecule has 0 aromatic heterocycles. The molecule has 0 saturated carbocycles. The van der Waals surface area contributed by atoms with Gasteiger partial charge < -0.3 is 5.32 Å². The first kappa shape index (κ1) is 14.1. The van der Waals surface area contributed by atoms with Crippen LogP contribution in [0.25, 0.3) is 0 Å². The van der Waals surface area contributed by atoms with Crippen LogP contribution in [0, 0.1) is 24.1 Å². The third-order valence-electron chi connectivity index (χ3n) is 3.39. The molecule has 0 amide bonds. The smallest absolute Gasteiger partial charge is 0.128 e. The van der Waals surface area contributed by atoms with Crippen molar-refractivity contribution in [2.24, 2.45) is 0 Å². The van der Waals surface area contributed by atoms with E-state index in [1.54, 1.807) is 24.3 Å². The number of aryl methyl sites for hydroxylation is 1. The number of hydrogen-bond donors (Lipinski definition) is 1. The molecule has 0 fully saturated rings. The molecule has 0 radical (unpaired) electrons. The van der Waals surface area contributed by atoms with Crippen molar-refractivity contribution in [3.05, 3.63) is 65.0 Å². The average molecular weight is 268 g/mol. The van der Waals surface area contributed by atoms with Crippen molar-refractivity contribution < 1.29 is 4.39 Å². The molecule has 3 heteroatoms. The summed E-state index contributed by atoms with van der Waals surface area (Å²) < 4.78 is 13.9. The van der Waals surface area contributed by atoms with Crippen molar-refractivity contribution in [1.82, 2.24) is 0 Å². The monoisotopic (exact) mass is 268 g/mol. The van der Waals surface area contributed by atoms with Gasteiger partial charge in [0.25, 0.3) is 0 Å². The first-order chi connectivity index (χ1) is 9.65. The van der Waals surface area contributed by atoms with Gasteiger partial charge in [-0.15, -0.1) is 0 Å². The maximum atomic E-state index is 13.9. The van der Waals surface area contributed by atoms with Crippen molar-refractivity contribution in [2.75, 3.05) is 5.32 Å². The molecule has 0 spiro atoms. The number of halogens is 1. The van der Waals surface area contributed by atoms with E-state index in [0.29, 0.717) is 11.1 Å². The maximum absolute atomic E-state index is 13.9. The van der Waals surface area contributed by atoms with Gasteiger partial charge in [0, 0.05) is 11.3 Å². The number of anilines is 1. The van der Waals surface area contributed by atoms with Gasteiger partial charge in [-0.25, -0.2) is 4.39 Å². The third kappa shape index (κ3) is 2.97. The van der Waals surface area contributed by atoms with Crippen LogP contribution in [-0.2, 0) is 0 Å². The van der Waals surface area contributed by atoms with Gasteiger partial charge in [0.15, 0.2) is 0 Å². The fraction of sp³-hybridized carbons (Fsp3) is 0.235. The molecule has 1 unspecified atom stereocenters. The fourth-order valence-corrected chi connectivity index (χ4v) is 2.19. The topological polar surface area (TPSA) is 35.8 Å². The van der Waals surface area contributed by atoms with Crippen LogP contribution in [0.5, 0.6) is 0 Å². The van der Waals surface area contributed by atoms with Crippen LogP contribution in [0.3, 0.4) is 0 Å². The molecule has 0 aliphatic heterocycles. The summed E-state index contributed by atoms with van der Waals surface area (Å²) in [7, 11) is 0. The normalized spacial score (nSPS) is 11.7. The molecule has 2 aromatic rings. The SMILES string of the molecule is CCC(Nc1cc(C#N)ccc1C)c1ccccc1F. The highest BCUT2D eigenvalue weighted by atomic mass is 19.1. The number of rotatable bonds is 4. The molecule has 0 bridgehead atoms. The highest BCUT2D eigenvalue weighted by Crippen LogP contribution is 2.27.